The second-order valence-electron chi connectivity index (χ2n) is 5.74. The molecule has 0 aliphatic heterocycles. The van der Waals surface area contributed by atoms with E-state index in [0.717, 1.165) is 36.8 Å². The van der Waals surface area contributed by atoms with Gasteiger partial charge < -0.3 is 19.7 Å². The molecule has 24 heavy (non-hydrogen) atoms. The summed E-state index contributed by atoms with van der Waals surface area (Å²) in [4.78, 5) is 21.6. The molecule has 2 N–H and O–H groups in total. The molecule has 0 radical (unpaired) electrons. The third-order valence-corrected chi connectivity index (χ3v) is 5.95. The Hall–Kier alpha value is -2.02. The number of rotatable bonds is 12. The Labute approximate surface area is 144 Å². The van der Waals surface area contributed by atoms with Gasteiger partial charge in [-0.25, -0.2) is 0 Å². The van der Waals surface area contributed by atoms with Crippen LogP contribution in [0.2, 0.25) is 6.04 Å². The summed E-state index contributed by atoms with van der Waals surface area (Å²) >= 11 is 0. The van der Waals surface area contributed by atoms with Crippen LogP contribution in [0.5, 0.6) is 11.5 Å². The standard InChI is InChI=1S/C17H26O6Si/c1-22-13-8-6-9-14(16(13)23-2)24-10-5-3-4-7-12(17(20)21)11-15(18)19/h6,8-9,12H,3-5,7,10-11,24H2,1-2H3,(H,18,19)(H,20,21). The van der Waals surface area contributed by atoms with E-state index >= 15 is 0 Å². The number of carbonyl (C=O) groups is 2. The van der Waals surface area contributed by atoms with Gasteiger partial charge in [-0.3, -0.25) is 9.59 Å². The number of carboxylic acid groups (broad SMARTS) is 2. The summed E-state index contributed by atoms with van der Waals surface area (Å²) in [5.41, 5.74) is 0. The van der Waals surface area contributed by atoms with Gasteiger partial charge >= 0.3 is 11.9 Å². The van der Waals surface area contributed by atoms with Gasteiger partial charge in [0.05, 0.1) is 36.1 Å². The molecular formula is C17H26O6Si. The molecule has 0 bridgehead atoms. The molecule has 1 atom stereocenters. The number of unbranched alkanes of at least 4 members (excludes halogenated alkanes) is 2. The molecular weight excluding hydrogens is 328 g/mol. The van der Waals surface area contributed by atoms with Crippen LogP contribution in [0.1, 0.15) is 32.1 Å². The lowest BCUT2D eigenvalue weighted by Crippen LogP contribution is -2.18. The predicted molar refractivity (Wildman–Crippen MR) is 94.4 cm³/mol. The van der Waals surface area contributed by atoms with Crippen LogP contribution in [0.25, 0.3) is 0 Å². The maximum absolute atomic E-state index is 11.0. The minimum atomic E-state index is -1.06. The van der Waals surface area contributed by atoms with Crippen LogP contribution in [0.3, 0.4) is 0 Å². The molecule has 1 aromatic carbocycles. The highest BCUT2D eigenvalue weighted by molar-refractivity contribution is 6.54. The lowest BCUT2D eigenvalue weighted by Gasteiger charge is -2.12. The van der Waals surface area contributed by atoms with Gasteiger partial charge in [-0.2, -0.15) is 0 Å². The highest BCUT2D eigenvalue weighted by Crippen LogP contribution is 2.23. The van der Waals surface area contributed by atoms with Crippen molar-refractivity contribution in [3.63, 3.8) is 0 Å². The third kappa shape index (κ3) is 6.62. The summed E-state index contributed by atoms with van der Waals surface area (Å²) in [6.45, 7) is 0. The first-order valence-corrected chi connectivity index (χ1v) is 9.84. The van der Waals surface area contributed by atoms with Gasteiger partial charge in [0, 0.05) is 0 Å². The number of hydrogen-bond acceptors (Lipinski definition) is 4. The summed E-state index contributed by atoms with van der Waals surface area (Å²) < 4.78 is 10.7. The Morgan fingerprint density at radius 2 is 1.88 bits per heavy atom. The molecule has 134 valence electrons. The first kappa shape index (κ1) is 20.0. The van der Waals surface area contributed by atoms with Gasteiger partial charge in [-0.05, 0) is 17.7 Å². The van der Waals surface area contributed by atoms with Gasteiger partial charge in [-0.1, -0.05) is 37.4 Å². The molecule has 1 aromatic rings. The SMILES string of the molecule is COc1cccc([SiH2]CCCCCC(CC(=O)O)C(=O)O)c1OC. The Morgan fingerprint density at radius 1 is 1.12 bits per heavy atom. The van der Waals surface area contributed by atoms with Crippen LogP contribution in [-0.4, -0.2) is 45.9 Å². The van der Waals surface area contributed by atoms with Crippen LogP contribution in [0.15, 0.2) is 18.2 Å². The average molecular weight is 354 g/mol. The molecule has 0 aliphatic rings. The van der Waals surface area contributed by atoms with Crippen LogP contribution < -0.4 is 14.7 Å². The van der Waals surface area contributed by atoms with Crippen molar-refractivity contribution in [2.75, 3.05) is 14.2 Å². The fourth-order valence-electron chi connectivity index (χ4n) is 2.73. The van der Waals surface area contributed by atoms with E-state index in [1.807, 2.05) is 12.1 Å². The number of benzene rings is 1. The van der Waals surface area contributed by atoms with E-state index in [-0.39, 0.29) is 6.42 Å². The summed E-state index contributed by atoms with van der Waals surface area (Å²) in [5, 5.41) is 18.9. The molecule has 0 fully saturated rings. The molecule has 0 amide bonds. The molecule has 0 saturated carbocycles. The smallest absolute Gasteiger partial charge is 0.307 e. The summed E-state index contributed by atoms with van der Waals surface area (Å²) in [6, 6.07) is 7.01. The average Bonchev–Trinajstić information content (AvgIpc) is 2.55. The van der Waals surface area contributed by atoms with Crippen LogP contribution in [0.4, 0.5) is 0 Å². The van der Waals surface area contributed by atoms with E-state index in [4.69, 9.17) is 19.7 Å². The number of aliphatic carboxylic acids is 2. The first-order chi connectivity index (χ1) is 11.5. The van der Waals surface area contributed by atoms with Crippen LogP contribution >= 0.6 is 0 Å². The van der Waals surface area contributed by atoms with Crippen LogP contribution in [0, 0.1) is 5.92 Å². The van der Waals surface area contributed by atoms with Crippen molar-refractivity contribution in [3.05, 3.63) is 18.2 Å². The minimum absolute atomic E-state index is 0.301. The molecule has 0 saturated heterocycles. The maximum Gasteiger partial charge on any atom is 0.307 e. The Morgan fingerprint density at radius 3 is 2.46 bits per heavy atom. The zero-order chi connectivity index (χ0) is 17.9. The lowest BCUT2D eigenvalue weighted by molar-refractivity contribution is -0.148. The summed E-state index contributed by atoms with van der Waals surface area (Å²) in [7, 11) is 2.79. The van der Waals surface area contributed by atoms with Gasteiger partial charge in [0.15, 0.2) is 11.5 Å². The van der Waals surface area contributed by atoms with E-state index in [0.29, 0.717) is 6.42 Å². The molecule has 1 unspecified atom stereocenters. The third-order valence-electron chi connectivity index (χ3n) is 4.00. The van der Waals surface area contributed by atoms with Gasteiger partial charge in [0.2, 0.25) is 0 Å². The highest BCUT2D eigenvalue weighted by Gasteiger charge is 2.20. The maximum atomic E-state index is 11.0. The zero-order valence-electron chi connectivity index (χ0n) is 14.3. The summed E-state index contributed by atoms with van der Waals surface area (Å²) in [6.07, 6.45) is 2.80. The van der Waals surface area contributed by atoms with E-state index in [2.05, 4.69) is 6.07 Å². The minimum Gasteiger partial charge on any atom is -0.493 e. The zero-order valence-corrected chi connectivity index (χ0v) is 15.7. The molecule has 0 spiro atoms. The van der Waals surface area contributed by atoms with Crippen molar-refractivity contribution in [3.8, 4) is 11.5 Å². The molecule has 0 aromatic heterocycles. The van der Waals surface area contributed by atoms with Crippen molar-refractivity contribution in [1.82, 2.24) is 0 Å². The number of methoxy groups -OCH3 is 2. The Kier molecular flexibility index (Phi) is 8.92. The number of para-hydroxylation sites is 1. The van der Waals surface area contributed by atoms with Crippen LogP contribution in [-0.2, 0) is 9.59 Å². The monoisotopic (exact) mass is 354 g/mol. The van der Waals surface area contributed by atoms with Gasteiger partial charge in [-0.15, -0.1) is 0 Å². The first-order valence-electron chi connectivity index (χ1n) is 8.14. The van der Waals surface area contributed by atoms with E-state index < -0.39 is 27.4 Å². The Bertz CT molecular complexity index is 546. The van der Waals surface area contributed by atoms with Crippen molar-refractivity contribution in [1.29, 1.82) is 0 Å². The Balaban J connectivity index is 2.34. The number of carboxylic acids is 2. The quantitative estimate of drug-likeness (QED) is 0.438. The fourth-order valence-corrected chi connectivity index (χ4v) is 4.57. The van der Waals surface area contributed by atoms with Gasteiger partial charge in [0.25, 0.3) is 0 Å². The van der Waals surface area contributed by atoms with Crippen molar-refractivity contribution >= 4 is 26.6 Å². The lowest BCUT2D eigenvalue weighted by atomic mass is 9.98. The number of hydrogen-bond donors (Lipinski definition) is 2. The molecule has 1 rings (SSSR count). The summed E-state index contributed by atoms with van der Waals surface area (Å²) in [5.74, 6) is -1.29. The van der Waals surface area contributed by atoms with Gasteiger partial charge in [0.1, 0.15) is 0 Å². The molecule has 6 nitrogen and oxygen atoms in total. The van der Waals surface area contributed by atoms with Crippen molar-refractivity contribution in [2.24, 2.45) is 5.92 Å². The molecule has 0 aliphatic carbocycles. The second-order valence-corrected chi connectivity index (χ2v) is 7.71. The largest absolute Gasteiger partial charge is 0.493 e. The highest BCUT2D eigenvalue weighted by atomic mass is 28.2. The number of ether oxygens (including phenoxy) is 2. The van der Waals surface area contributed by atoms with Crippen molar-refractivity contribution in [2.45, 2.75) is 38.1 Å². The molecule has 7 heteroatoms. The second kappa shape index (κ2) is 10.7. The molecule has 0 heterocycles. The van der Waals surface area contributed by atoms with E-state index in [1.165, 1.54) is 5.19 Å². The van der Waals surface area contributed by atoms with Crippen molar-refractivity contribution < 1.29 is 29.3 Å². The van der Waals surface area contributed by atoms with E-state index in [1.54, 1.807) is 14.2 Å². The normalized spacial score (nSPS) is 12.2. The fraction of sp³-hybridized carbons (Fsp3) is 0.529. The topological polar surface area (TPSA) is 93.1 Å². The predicted octanol–water partition coefficient (Wildman–Crippen LogP) is 1.65. The van der Waals surface area contributed by atoms with E-state index in [9.17, 15) is 9.59 Å².